The predicted molar refractivity (Wildman–Crippen MR) is 105 cm³/mol. The van der Waals surface area contributed by atoms with Crippen molar-refractivity contribution in [3.05, 3.63) is 33.9 Å². The Balaban J connectivity index is 2.38. The number of rotatable bonds is 6. The zero-order chi connectivity index (χ0) is 20.4. The lowest BCUT2D eigenvalue weighted by atomic mass is 10.1. The van der Waals surface area contributed by atoms with Crippen LogP contribution < -0.4 is 15.8 Å². The fourth-order valence-electron chi connectivity index (χ4n) is 2.30. The van der Waals surface area contributed by atoms with E-state index in [1.54, 1.807) is 20.8 Å². The van der Waals surface area contributed by atoms with Gasteiger partial charge >= 0.3 is 0 Å². The summed E-state index contributed by atoms with van der Waals surface area (Å²) in [5.74, 6) is 0.699. The first-order valence-electron chi connectivity index (χ1n) is 7.84. The van der Waals surface area contributed by atoms with Gasteiger partial charge in [-0.15, -0.1) is 0 Å². The Morgan fingerprint density at radius 3 is 2.59 bits per heavy atom. The number of benzene rings is 1. The lowest BCUT2D eigenvalue weighted by Crippen LogP contribution is -2.28. The van der Waals surface area contributed by atoms with E-state index in [-0.39, 0.29) is 22.4 Å². The van der Waals surface area contributed by atoms with Gasteiger partial charge in [0, 0.05) is 11.9 Å². The van der Waals surface area contributed by atoms with E-state index in [1.807, 2.05) is 6.07 Å². The molecule has 5 N–H and O–H groups in total. The fraction of sp³-hybridized carbons (Fsp3) is 0.312. The van der Waals surface area contributed by atoms with Crippen LogP contribution in [0.1, 0.15) is 25.0 Å². The first-order chi connectivity index (χ1) is 12.5. The van der Waals surface area contributed by atoms with E-state index in [2.05, 4.69) is 36.5 Å². The van der Waals surface area contributed by atoms with Crippen molar-refractivity contribution in [2.45, 2.75) is 37.8 Å². The number of hydrogen-bond acceptors (Lipinski definition) is 8. The number of primary sulfonamides is 1. The summed E-state index contributed by atoms with van der Waals surface area (Å²) >= 11 is 3.34. The average molecular weight is 455 g/mol. The Kier molecular flexibility index (Phi) is 6.38. The molecule has 0 bridgehead atoms. The Morgan fingerprint density at radius 1 is 1.37 bits per heavy atom. The zero-order valence-corrected chi connectivity index (χ0v) is 17.3. The maximum atomic E-state index is 11.7. The summed E-state index contributed by atoms with van der Waals surface area (Å²) in [6, 6.07) is 4.50. The van der Waals surface area contributed by atoms with Crippen molar-refractivity contribution >= 4 is 43.4 Å². The van der Waals surface area contributed by atoms with E-state index in [4.69, 9.17) is 5.14 Å². The molecule has 1 aromatic heterocycles. The number of nitriles is 1. The van der Waals surface area contributed by atoms with E-state index < -0.39 is 16.1 Å². The molecule has 2 atom stereocenters. The number of aryl methyl sites for hydroxylation is 1. The minimum Gasteiger partial charge on any atom is -0.391 e. The monoisotopic (exact) mass is 454 g/mol. The quantitative estimate of drug-likeness (QED) is 0.516. The summed E-state index contributed by atoms with van der Waals surface area (Å²) in [6.07, 6.45) is 0.943. The molecular weight excluding hydrogens is 436 g/mol. The Bertz CT molecular complexity index is 1000. The third-order valence-corrected chi connectivity index (χ3v) is 5.46. The number of sulfonamides is 1. The minimum absolute atomic E-state index is 0.0711. The van der Waals surface area contributed by atoms with Crippen LogP contribution in [0.15, 0.2) is 27.7 Å². The van der Waals surface area contributed by atoms with Crippen LogP contribution >= 0.6 is 15.9 Å². The zero-order valence-electron chi connectivity index (χ0n) is 14.9. The summed E-state index contributed by atoms with van der Waals surface area (Å²) in [5, 5.41) is 30.1. The van der Waals surface area contributed by atoms with Gasteiger partial charge in [-0.05, 0) is 54.4 Å². The molecule has 0 saturated heterocycles. The molecule has 9 nitrogen and oxygen atoms in total. The molecule has 0 amide bonds. The van der Waals surface area contributed by atoms with Crippen molar-refractivity contribution in [2.24, 2.45) is 5.14 Å². The van der Waals surface area contributed by atoms with E-state index in [1.165, 1.54) is 18.3 Å². The van der Waals surface area contributed by atoms with Gasteiger partial charge in [-0.1, -0.05) is 0 Å². The summed E-state index contributed by atoms with van der Waals surface area (Å²) in [4.78, 5) is 8.27. The van der Waals surface area contributed by atoms with E-state index >= 15 is 0 Å². The molecule has 144 valence electrons. The highest BCUT2D eigenvalue weighted by molar-refractivity contribution is 9.10. The molecule has 1 heterocycles. The normalized spacial score (nSPS) is 13.5. The standard InChI is InChI=1S/C16H19BrN6O3S/c1-8-4-12(5-11(6-18)14(8)27(19,25)26)22-16-20-7-13(17)15(23-16)21-9(2)10(3)24/h4-5,7,9-10,24H,1-3H3,(H2,19,25,26)(H2,20,21,22,23)/t9-,10-/m1/s1. The number of anilines is 3. The number of nitrogens with two attached hydrogens (primary N) is 1. The molecule has 0 fully saturated rings. The highest BCUT2D eigenvalue weighted by Crippen LogP contribution is 2.27. The second-order valence-corrected chi connectivity index (χ2v) is 8.37. The maximum Gasteiger partial charge on any atom is 0.239 e. The number of hydrogen-bond donors (Lipinski definition) is 4. The van der Waals surface area contributed by atoms with Crippen LogP contribution in [0.2, 0.25) is 0 Å². The molecule has 27 heavy (non-hydrogen) atoms. The highest BCUT2D eigenvalue weighted by atomic mass is 79.9. The maximum absolute atomic E-state index is 11.7. The number of nitrogens with zero attached hydrogens (tertiary/aromatic N) is 3. The Hall–Kier alpha value is -2.26. The van der Waals surface area contributed by atoms with Crippen molar-refractivity contribution in [1.82, 2.24) is 9.97 Å². The molecule has 0 aliphatic rings. The third kappa shape index (κ3) is 5.14. The van der Waals surface area contributed by atoms with Crippen LogP contribution in [-0.4, -0.2) is 35.6 Å². The number of aliphatic hydroxyl groups is 1. The van der Waals surface area contributed by atoms with Gasteiger partial charge in [-0.2, -0.15) is 10.2 Å². The average Bonchev–Trinajstić information content (AvgIpc) is 2.55. The van der Waals surface area contributed by atoms with Gasteiger partial charge in [0.25, 0.3) is 0 Å². The van der Waals surface area contributed by atoms with Gasteiger partial charge in [0.2, 0.25) is 16.0 Å². The van der Waals surface area contributed by atoms with Crippen molar-refractivity contribution in [3.63, 3.8) is 0 Å². The second kappa shape index (κ2) is 8.18. The van der Waals surface area contributed by atoms with Crippen LogP contribution in [0.5, 0.6) is 0 Å². The lowest BCUT2D eigenvalue weighted by Gasteiger charge is -2.18. The van der Waals surface area contributed by atoms with Crippen LogP contribution in [0.3, 0.4) is 0 Å². The lowest BCUT2D eigenvalue weighted by molar-refractivity contribution is 0.177. The van der Waals surface area contributed by atoms with Gasteiger partial charge in [0.1, 0.15) is 16.8 Å². The molecule has 0 aliphatic heterocycles. The van der Waals surface area contributed by atoms with E-state index in [0.717, 1.165) is 0 Å². The molecule has 11 heteroatoms. The highest BCUT2D eigenvalue weighted by Gasteiger charge is 2.19. The summed E-state index contributed by atoms with van der Waals surface area (Å²) in [6.45, 7) is 5.01. The summed E-state index contributed by atoms with van der Waals surface area (Å²) in [5.41, 5.74) is 0.698. The third-order valence-electron chi connectivity index (χ3n) is 3.77. The number of halogens is 1. The van der Waals surface area contributed by atoms with Crippen LogP contribution in [0.4, 0.5) is 17.5 Å². The van der Waals surface area contributed by atoms with Gasteiger partial charge in [-0.3, -0.25) is 0 Å². The number of aliphatic hydroxyl groups excluding tert-OH is 1. The largest absolute Gasteiger partial charge is 0.391 e. The van der Waals surface area contributed by atoms with Gasteiger partial charge in [-0.25, -0.2) is 18.5 Å². The van der Waals surface area contributed by atoms with Crippen LogP contribution in [-0.2, 0) is 10.0 Å². The first-order valence-corrected chi connectivity index (χ1v) is 10.2. The van der Waals surface area contributed by atoms with Crippen molar-refractivity contribution in [1.29, 1.82) is 5.26 Å². The van der Waals surface area contributed by atoms with Crippen LogP contribution in [0, 0.1) is 18.3 Å². The summed E-state index contributed by atoms with van der Waals surface area (Å²) < 4.78 is 24.0. The minimum atomic E-state index is -4.02. The van der Waals surface area contributed by atoms with Crippen molar-refractivity contribution in [3.8, 4) is 6.07 Å². The fourth-order valence-corrected chi connectivity index (χ4v) is 3.53. The van der Waals surface area contributed by atoms with Crippen LogP contribution in [0.25, 0.3) is 0 Å². The molecular formula is C16H19BrN6O3S. The van der Waals surface area contributed by atoms with Crippen molar-refractivity contribution < 1.29 is 13.5 Å². The molecule has 0 unspecified atom stereocenters. The Labute approximate surface area is 165 Å². The van der Waals surface area contributed by atoms with Gasteiger partial charge in [0.05, 0.1) is 22.2 Å². The molecule has 0 saturated carbocycles. The number of nitrogens with one attached hydrogen (secondary N) is 2. The van der Waals surface area contributed by atoms with Gasteiger partial charge in [0.15, 0.2) is 0 Å². The molecule has 0 spiro atoms. The topological polar surface area (TPSA) is 154 Å². The van der Waals surface area contributed by atoms with E-state index in [0.29, 0.717) is 21.5 Å². The van der Waals surface area contributed by atoms with Gasteiger partial charge < -0.3 is 15.7 Å². The molecule has 2 aromatic rings. The number of aromatic nitrogens is 2. The first kappa shape index (κ1) is 21.0. The molecule has 2 rings (SSSR count). The van der Waals surface area contributed by atoms with E-state index in [9.17, 15) is 18.8 Å². The predicted octanol–water partition coefficient (Wildman–Crippen LogP) is 1.99. The SMILES string of the molecule is Cc1cc(Nc2ncc(Br)c(N[C@H](C)[C@@H](C)O)n2)cc(C#N)c1S(N)(=O)=O. The molecule has 0 radical (unpaired) electrons. The van der Waals surface area contributed by atoms with Crippen molar-refractivity contribution in [2.75, 3.05) is 10.6 Å². The Morgan fingerprint density at radius 2 is 2.04 bits per heavy atom. The summed E-state index contributed by atoms with van der Waals surface area (Å²) in [7, 11) is -4.02. The molecule has 0 aliphatic carbocycles. The second-order valence-electron chi connectivity index (χ2n) is 6.02. The molecule has 1 aromatic carbocycles. The smallest absolute Gasteiger partial charge is 0.239 e.